The largest absolute Gasteiger partial charge is 0.291 e. The summed E-state index contributed by atoms with van der Waals surface area (Å²) in [5.74, 6) is 0.769. The average molecular weight is 222 g/mol. The summed E-state index contributed by atoms with van der Waals surface area (Å²) in [4.78, 5) is 17.9. The number of hydrogen-bond donors (Lipinski definition) is 2. The Labute approximate surface area is 95.0 Å². The van der Waals surface area contributed by atoms with E-state index in [-0.39, 0.29) is 5.56 Å². The maximum Gasteiger partial charge on any atom is 0.252 e. The minimum atomic E-state index is -0.173. The van der Waals surface area contributed by atoms with Crippen LogP contribution in [0.4, 0.5) is 5.95 Å². The number of hydrogen-bond acceptors (Lipinski definition) is 4. The van der Waals surface area contributed by atoms with Gasteiger partial charge >= 0.3 is 0 Å². The quantitative estimate of drug-likeness (QED) is 0.604. The van der Waals surface area contributed by atoms with E-state index in [4.69, 9.17) is 0 Å². The predicted molar refractivity (Wildman–Crippen MR) is 65.8 cm³/mol. The van der Waals surface area contributed by atoms with Crippen LogP contribution >= 0.6 is 0 Å². The molecule has 0 saturated carbocycles. The van der Waals surface area contributed by atoms with E-state index in [1.165, 1.54) is 6.07 Å². The summed E-state index contributed by atoms with van der Waals surface area (Å²) < 4.78 is 0. The molecule has 0 aliphatic carbocycles. The highest BCUT2D eigenvalue weighted by atomic mass is 16.1. The number of H-pyrrole nitrogens is 1. The normalized spacial score (nSPS) is 11.9. The van der Waals surface area contributed by atoms with Crippen molar-refractivity contribution in [3.63, 3.8) is 0 Å². The minimum absolute atomic E-state index is 0.173. The van der Waals surface area contributed by atoms with E-state index in [9.17, 15) is 4.79 Å². The number of nitrogens with one attached hydrogen (secondary N) is 2. The first-order valence-corrected chi connectivity index (χ1v) is 5.43. The van der Waals surface area contributed by atoms with Gasteiger partial charge in [0.25, 0.3) is 5.56 Å². The van der Waals surface area contributed by atoms with E-state index in [0.29, 0.717) is 17.6 Å². The zero-order valence-corrected chi connectivity index (χ0v) is 10.2. The molecule has 0 saturated heterocycles. The van der Waals surface area contributed by atoms with Crippen LogP contribution in [-0.4, -0.2) is 15.7 Å². The molecule has 5 heteroatoms. The van der Waals surface area contributed by atoms with E-state index in [0.717, 1.165) is 12.1 Å². The summed E-state index contributed by atoms with van der Waals surface area (Å²) in [6.45, 7) is 7.98. The SMILES string of the molecule is CC/C(=N/Nc1nc(C)cc(=O)[nH]1)C(C)C. The van der Waals surface area contributed by atoms with Crippen LogP contribution in [0, 0.1) is 12.8 Å². The third-order valence-corrected chi connectivity index (χ3v) is 2.20. The van der Waals surface area contributed by atoms with E-state index in [1.54, 1.807) is 6.92 Å². The zero-order valence-electron chi connectivity index (χ0n) is 10.2. The third kappa shape index (κ3) is 3.49. The van der Waals surface area contributed by atoms with E-state index >= 15 is 0 Å². The van der Waals surface area contributed by atoms with Crippen LogP contribution in [0.2, 0.25) is 0 Å². The van der Waals surface area contributed by atoms with Crippen LogP contribution in [0.25, 0.3) is 0 Å². The molecule has 2 N–H and O–H groups in total. The van der Waals surface area contributed by atoms with Gasteiger partial charge in [-0.3, -0.25) is 9.78 Å². The number of aromatic nitrogens is 2. The first-order chi connectivity index (χ1) is 7.52. The Bertz CT molecular complexity index is 434. The summed E-state index contributed by atoms with van der Waals surface area (Å²) in [6.07, 6.45) is 0.876. The molecule has 0 aromatic carbocycles. The Morgan fingerprint density at radius 2 is 2.31 bits per heavy atom. The maximum absolute atomic E-state index is 11.2. The van der Waals surface area contributed by atoms with Crippen LogP contribution < -0.4 is 11.0 Å². The number of nitrogens with zero attached hydrogens (tertiary/aromatic N) is 2. The van der Waals surface area contributed by atoms with Crippen LogP contribution in [0.5, 0.6) is 0 Å². The number of rotatable bonds is 4. The van der Waals surface area contributed by atoms with Gasteiger partial charge in [0.1, 0.15) is 0 Å². The highest BCUT2D eigenvalue weighted by Gasteiger charge is 2.02. The second-order valence-electron chi connectivity index (χ2n) is 3.96. The molecule has 0 aliphatic heterocycles. The van der Waals surface area contributed by atoms with Crippen molar-refractivity contribution < 1.29 is 0 Å². The lowest BCUT2D eigenvalue weighted by Gasteiger charge is -2.07. The standard InChI is InChI=1S/C11H18N4O/c1-5-9(7(2)3)14-15-11-12-8(4)6-10(16)13-11/h6-7H,5H2,1-4H3,(H2,12,13,15,16)/b14-9-. The fourth-order valence-electron chi connectivity index (χ4n) is 1.37. The molecule has 1 heterocycles. The van der Waals surface area contributed by atoms with Gasteiger partial charge in [-0.15, -0.1) is 0 Å². The van der Waals surface area contributed by atoms with E-state index in [2.05, 4.69) is 34.3 Å². The van der Waals surface area contributed by atoms with Crippen LogP contribution in [0.3, 0.4) is 0 Å². The number of aryl methyl sites for hydroxylation is 1. The molecule has 0 fully saturated rings. The van der Waals surface area contributed by atoms with Crippen LogP contribution in [-0.2, 0) is 0 Å². The van der Waals surface area contributed by atoms with Crippen molar-refractivity contribution in [1.82, 2.24) is 9.97 Å². The van der Waals surface area contributed by atoms with Crippen molar-refractivity contribution in [2.24, 2.45) is 11.0 Å². The summed E-state index contributed by atoms with van der Waals surface area (Å²) >= 11 is 0. The number of aromatic amines is 1. The van der Waals surface area contributed by atoms with Gasteiger partial charge in [0.15, 0.2) is 0 Å². The van der Waals surface area contributed by atoms with Gasteiger partial charge in [0.05, 0.1) is 0 Å². The first-order valence-electron chi connectivity index (χ1n) is 5.43. The molecule has 16 heavy (non-hydrogen) atoms. The van der Waals surface area contributed by atoms with Gasteiger partial charge in [-0.05, 0) is 19.3 Å². The molecule has 0 radical (unpaired) electrons. The second kappa shape index (κ2) is 5.44. The fourth-order valence-corrected chi connectivity index (χ4v) is 1.37. The van der Waals surface area contributed by atoms with Gasteiger partial charge < -0.3 is 0 Å². The van der Waals surface area contributed by atoms with Gasteiger partial charge in [-0.2, -0.15) is 5.10 Å². The molecule has 1 aromatic rings. The molecular formula is C11H18N4O. The van der Waals surface area contributed by atoms with Crippen molar-refractivity contribution in [2.45, 2.75) is 34.1 Å². The van der Waals surface area contributed by atoms with Crippen molar-refractivity contribution in [1.29, 1.82) is 0 Å². The van der Waals surface area contributed by atoms with Crippen LogP contribution in [0.15, 0.2) is 16.0 Å². The zero-order chi connectivity index (χ0) is 12.1. The Hall–Kier alpha value is -1.65. The molecule has 5 nitrogen and oxygen atoms in total. The summed E-state index contributed by atoms with van der Waals surface area (Å²) in [5.41, 5.74) is 4.32. The predicted octanol–water partition coefficient (Wildman–Crippen LogP) is 1.91. The highest BCUT2D eigenvalue weighted by molar-refractivity contribution is 5.86. The summed E-state index contributed by atoms with van der Waals surface area (Å²) in [6, 6.07) is 1.44. The third-order valence-electron chi connectivity index (χ3n) is 2.20. The van der Waals surface area contributed by atoms with Gasteiger partial charge in [0.2, 0.25) is 5.95 Å². The monoisotopic (exact) mass is 222 g/mol. The molecule has 0 spiro atoms. The Morgan fingerprint density at radius 3 is 2.81 bits per heavy atom. The van der Waals surface area contributed by atoms with Crippen molar-refractivity contribution in [3.8, 4) is 0 Å². The van der Waals surface area contributed by atoms with Gasteiger partial charge in [-0.25, -0.2) is 10.4 Å². The first kappa shape index (κ1) is 12.4. The number of hydrazone groups is 1. The summed E-state index contributed by atoms with van der Waals surface area (Å²) in [7, 11) is 0. The molecule has 0 bridgehead atoms. The molecular weight excluding hydrogens is 204 g/mol. The van der Waals surface area contributed by atoms with Gasteiger partial charge in [0, 0.05) is 17.5 Å². The number of anilines is 1. The molecule has 0 unspecified atom stereocenters. The van der Waals surface area contributed by atoms with Gasteiger partial charge in [-0.1, -0.05) is 20.8 Å². The lowest BCUT2D eigenvalue weighted by molar-refractivity contribution is 0.850. The lowest BCUT2D eigenvalue weighted by Crippen LogP contribution is -2.13. The van der Waals surface area contributed by atoms with Crippen molar-refractivity contribution in [2.75, 3.05) is 5.43 Å². The van der Waals surface area contributed by atoms with Crippen molar-refractivity contribution >= 4 is 11.7 Å². The van der Waals surface area contributed by atoms with Crippen molar-refractivity contribution in [3.05, 3.63) is 22.1 Å². The molecule has 1 aromatic heterocycles. The summed E-state index contributed by atoms with van der Waals surface area (Å²) in [5, 5.41) is 4.23. The average Bonchev–Trinajstić information content (AvgIpc) is 2.16. The molecule has 0 amide bonds. The highest BCUT2D eigenvalue weighted by Crippen LogP contribution is 2.03. The second-order valence-corrected chi connectivity index (χ2v) is 3.96. The topological polar surface area (TPSA) is 70.1 Å². The smallest absolute Gasteiger partial charge is 0.252 e. The fraction of sp³-hybridized carbons (Fsp3) is 0.545. The molecule has 1 rings (SSSR count). The minimum Gasteiger partial charge on any atom is -0.291 e. The lowest BCUT2D eigenvalue weighted by atomic mass is 10.1. The Kier molecular flexibility index (Phi) is 4.22. The van der Waals surface area contributed by atoms with Crippen LogP contribution in [0.1, 0.15) is 32.9 Å². The maximum atomic E-state index is 11.2. The molecule has 0 aliphatic rings. The molecule has 0 atom stereocenters. The molecule has 88 valence electrons. The Morgan fingerprint density at radius 1 is 1.62 bits per heavy atom. The van der Waals surface area contributed by atoms with E-state index < -0.39 is 0 Å². The van der Waals surface area contributed by atoms with E-state index in [1.807, 2.05) is 6.92 Å². The Balaban J connectivity index is 2.84.